The molecule has 0 saturated heterocycles. The van der Waals surface area contributed by atoms with Gasteiger partial charge in [-0.05, 0) is 12.0 Å². The standard InChI is InChI=1S/C14H19NO3/c1-14(2)11(8-12(14)16)15-13(17)18-9-10-6-4-3-5-7-10/h3-7,11-12,16H,8-9H2,1-2H3,(H,15,17). The molecule has 0 spiro atoms. The zero-order valence-corrected chi connectivity index (χ0v) is 10.7. The molecule has 1 fully saturated rings. The number of hydrogen-bond acceptors (Lipinski definition) is 3. The lowest BCUT2D eigenvalue weighted by molar-refractivity contribution is -0.0708. The maximum atomic E-state index is 11.6. The summed E-state index contributed by atoms with van der Waals surface area (Å²) in [6.45, 7) is 4.13. The van der Waals surface area contributed by atoms with Crippen LogP contribution in [0.3, 0.4) is 0 Å². The predicted molar refractivity (Wildman–Crippen MR) is 68.0 cm³/mol. The van der Waals surface area contributed by atoms with Gasteiger partial charge in [-0.2, -0.15) is 0 Å². The van der Waals surface area contributed by atoms with Crippen LogP contribution in [0.25, 0.3) is 0 Å². The van der Waals surface area contributed by atoms with Crippen LogP contribution < -0.4 is 5.32 Å². The summed E-state index contributed by atoms with van der Waals surface area (Å²) in [5.74, 6) is 0. The molecular formula is C14H19NO3. The summed E-state index contributed by atoms with van der Waals surface area (Å²) in [6.07, 6.45) is -0.186. The van der Waals surface area contributed by atoms with E-state index in [1.54, 1.807) is 0 Å². The Labute approximate surface area is 107 Å². The largest absolute Gasteiger partial charge is 0.445 e. The fraction of sp³-hybridized carbons (Fsp3) is 0.500. The number of carbonyl (C=O) groups excluding carboxylic acids is 1. The van der Waals surface area contributed by atoms with E-state index in [4.69, 9.17) is 4.74 Å². The van der Waals surface area contributed by atoms with E-state index in [0.29, 0.717) is 6.42 Å². The monoisotopic (exact) mass is 249 g/mol. The first kappa shape index (κ1) is 12.9. The highest BCUT2D eigenvalue weighted by molar-refractivity contribution is 5.68. The third-order valence-electron chi connectivity index (χ3n) is 3.72. The first-order chi connectivity index (χ1) is 8.50. The lowest BCUT2D eigenvalue weighted by Gasteiger charge is -2.49. The minimum Gasteiger partial charge on any atom is -0.445 e. The molecule has 1 aromatic rings. The number of aliphatic hydroxyl groups excluding tert-OH is 1. The minimum atomic E-state index is -0.427. The Balaban J connectivity index is 1.77. The van der Waals surface area contributed by atoms with Crippen molar-refractivity contribution in [2.45, 2.75) is 39.0 Å². The van der Waals surface area contributed by atoms with Crippen LogP contribution in [-0.4, -0.2) is 23.3 Å². The van der Waals surface area contributed by atoms with Crippen LogP contribution in [0.2, 0.25) is 0 Å². The van der Waals surface area contributed by atoms with Crippen molar-refractivity contribution >= 4 is 6.09 Å². The van der Waals surface area contributed by atoms with Crippen LogP contribution in [-0.2, 0) is 11.3 Å². The molecule has 2 atom stereocenters. The molecule has 1 saturated carbocycles. The van der Waals surface area contributed by atoms with Crippen molar-refractivity contribution in [3.63, 3.8) is 0 Å². The molecule has 0 radical (unpaired) electrons. The molecule has 2 N–H and O–H groups in total. The van der Waals surface area contributed by atoms with Crippen LogP contribution in [0.15, 0.2) is 30.3 Å². The van der Waals surface area contributed by atoms with Crippen LogP contribution >= 0.6 is 0 Å². The van der Waals surface area contributed by atoms with Gasteiger partial charge in [0.2, 0.25) is 0 Å². The van der Waals surface area contributed by atoms with E-state index in [1.807, 2.05) is 44.2 Å². The molecule has 4 heteroatoms. The maximum Gasteiger partial charge on any atom is 0.407 e. The molecule has 0 aliphatic heterocycles. The van der Waals surface area contributed by atoms with Gasteiger partial charge in [-0.25, -0.2) is 4.79 Å². The molecule has 1 aliphatic rings. The summed E-state index contributed by atoms with van der Waals surface area (Å²) in [5.41, 5.74) is 0.687. The number of nitrogens with one attached hydrogen (secondary N) is 1. The van der Waals surface area contributed by atoms with E-state index in [0.717, 1.165) is 5.56 Å². The van der Waals surface area contributed by atoms with E-state index >= 15 is 0 Å². The molecule has 1 aromatic carbocycles. The molecule has 0 heterocycles. The fourth-order valence-electron chi connectivity index (χ4n) is 2.05. The Morgan fingerprint density at radius 3 is 2.67 bits per heavy atom. The van der Waals surface area contributed by atoms with Gasteiger partial charge >= 0.3 is 6.09 Å². The zero-order chi connectivity index (χ0) is 13.2. The van der Waals surface area contributed by atoms with Crippen molar-refractivity contribution in [2.24, 2.45) is 5.41 Å². The Morgan fingerprint density at radius 2 is 2.11 bits per heavy atom. The van der Waals surface area contributed by atoms with Gasteiger partial charge in [-0.15, -0.1) is 0 Å². The summed E-state index contributed by atoms with van der Waals surface area (Å²) in [7, 11) is 0. The van der Waals surface area contributed by atoms with Gasteiger partial charge in [0.15, 0.2) is 0 Å². The number of amides is 1. The summed E-state index contributed by atoms with van der Waals surface area (Å²) < 4.78 is 5.13. The molecule has 2 rings (SSSR count). The summed E-state index contributed by atoms with van der Waals surface area (Å²) in [5, 5.41) is 12.4. The second kappa shape index (κ2) is 4.98. The molecule has 0 aromatic heterocycles. The van der Waals surface area contributed by atoms with Gasteiger partial charge < -0.3 is 15.2 Å². The topological polar surface area (TPSA) is 58.6 Å². The SMILES string of the molecule is CC1(C)C(O)CC1NC(=O)OCc1ccccc1. The predicted octanol–water partition coefficient (Wildman–Crippen LogP) is 2.07. The Hall–Kier alpha value is -1.55. The van der Waals surface area contributed by atoms with Gasteiger partial charge in [0.1, 0.15) is 6.61 Å². The normalized spacial score (nSPS) is 25.1. The third kappa shape index (κ3) is 2.64. The van der Waals surface area contributed by atoms with Crippen molar-refractivity contribution < 1.29 is 14.6 Å². The lowest BCUT2D eigenvalue weighted by Crippen LogP contribution is -2.61. The quantitative estimate of drug-likeness (QED) is 0.862. The van der Waals surface area contributed by atoms with Crippen LogP contribution in [0.1, 0.15) is 25.8 Å². The first-order valence-electron chi connectivity index (χ1n) is 6.15. The van der Waals surface area contributed by atoms with Gasteiger partial charge in [-0.3, -0.25) is 0 Å². The Morgan fingerprint density at radius 1 is 1.44 bits per heavy atom. The molecular weight excluding hydrogens is 230 g/mol. The second-order valence-electron chi connectivity index (χ2n) is 5.33. The number of hydrogen-bond donors (Lipinski definition) is 2. The Kier molecular flexibility index (Phi) is 3.57. The van der Waals surface area contributed by atoms with Gasteiger partial charge in [0.05, 0.1) is 6.10 Å². The van der Waals surface area contributed by atoms with Crippen LogP contribution in [0.4, 0.5) is 4.79 Å². The average molecular weight is 249 g/mol. The molecule has 0 bridgehead atoms. The minimum absolute atomic E-state index is 0.0178. The first-order valence-corrected chi connectivity index (χ1v) is 6.15. The maximum absolute atomic E-state index is 11.6. The van der Waals surface area contributed by atoms with E-state index in [2.05, 4.69) is 5.32 Å². The highest BCUT2D eigenvalue weighted by Gasteiger charge is 2.48. The fourth-order valence-corrected chi connectivity index (χ4v) is 2.05. The lowest BCUT2D eigenvalue weighted by atomic mass is 9.65. The van der Waals surface area contributed by atoms with Gasteiger partial charge in [-0.1, -0.05) is 44.2 Å². The average Bonchev–Trinajstić information content (AvgIpc) is 2.37. The van der Waals surface area contributed by atoms with E-state index in [9.17, 15) is 9.90 Å². The molecule has 1 aliphatic carbocycles. The molecule has 2 unspecified atom stereocenters. The molecule has 1 amide bonds. The third-order valence-corrected chi connectivity index (χ3v) is 3.72. The molecule has 18 heavy (non-hydrogen) atoms. The molecule has 4 nitrogen and oxygen atoms in total. The zero-order valence-electron chi connectivity index (χ0n) is 10.7. The number of alkyl carbamates (subject to hydrolysis) is 1. The van der Waals surface area contributed by atoms with E-state index in [1.165, 1.54) is 0 Å². The Bertz CT molecular complexity index is 416. The number of aliphatic hydroxyl groups is 1. The highest BCUT2D eigenvalue weighted by Crippen LogP contribution is 2.40. The van der Waals surface area contributed by atoms with Crippen molar-refractivity contribution in [3.8, 4) is 0 Å². The molecule has 98 valence electrons. The van der Waals surface area contributed by atoms with Crippen molar-refractivity contribution in [1.82, 2.24) is 5.32 Å². The summed E-state index contributed by atoms with van der Waals surface area (Å²) >= 11 is 0. The van der Waals surface area contributed by atoms with Crippen molar-refractivity contribution in [2.75, 3.05) is 0 Å². The second-order valence-corrected chi connectivity index (χ2v) is 5.33. The van der Waals surface area contributed by atoms with Crippen LogP contribution in [0.5, 0.6) is 0 Å². The van der Waals surface area contributed by atoms with Crippen LogP contribution in [0, 0.1) is 5.41 Å². The number of ether oxygens (including phenoxy) is 1. The summed E-state index contributed by atoms with van der Waals surface area (Å²) in [4.78, 5) is 11.6. The van der Waals surface area contributed by atoms with Gasteiger partial charge in [0, 0.05) is 11.5 Å². The summed E-state index contributed by atoms with van der Waals surface area (Å²) in [6, 6.07) is 9.52. The number of carbonyl (C=O) groups is 1. The van der Waals surface area contributed by atoms with Crippen molar-refractivity contribution in [1.29, 1.82) is 0 Å². The smallest absolute Gasteiger partial charge is 0.407 e. The van der Waals surface area contributed by atoms with Crippen molar-refractivity contribution in [3.05, 3.63) is 35.9 Å². The number of rotatable bonds is 3. The number of benzene rings is 1. The van der Waals surface area contributed by atoms with E-state index in [-0.39, 0.29) is 24.2 Å². The van der Waals surface area contributed by atoms with E-state index < -0.39 is 6.09 Å². The van der Waals surface area contributed by atoms with Gasteiger partial charge in [0.25, 0.3) is 0 Å². The highest BCUT2D eigenvalue weighted by atomic mass is 16.5.